The lowest BCUT2D eigenvalue weighted by atomic mass is 10.6. The Morgan fingerprint density at radius 1 is 1.27 bits per heavy atom. The van der Waals surface area contributed by atoms with Crippen molar-refractivity contribution in [3.05, 3.63) is 12.4 Å². The van der Waals surface area contributed by atoms with E-state index in [2.05, 4.69) is 9.97 Å². The van der Waals surface area contributed by atoms with E-state index in [9.17, 15) is 0 Å². The number of nitrogens with zero attached hydrogens (tertiary/aromatic N) is 3. The zero-order chi connectivity index (χ0) is 8.27. The summed E-state index contributed by atoms with van der Waals surface area (Å²) < 4.78 is 4.91. The second-order valence-corrected chi connectivity index (χ2v) is 2.32. The Kier molecular flexibility index (Phi) is 2.25. The minimum absolute atomic E-state index is 0.676. The maximum Gasteiger partial charge on any atom is 0.224 e. The van der Waals surface area contributed by atoms with Crippen LogP contribution in [-0.2, 0) is 0 Å². The molecular weight excluding hydrogens is 142 g/mol. The first-order chi connectivity index (χ1) is 5.24. The van der Waals surface area contributed by atoms with Crippen LogP contribution in [0.1, 0.15) is 0 Å². The monoisotopic (exact) mass is 153 g/mol. The number of methoxy groups -OCH3 is 1. The molecule has 0 aliphatic rings. The molecule has 0 aromatic carbocycles. The second-order valence-electron chi connectivity index (χ2n) is 2.32. The number of rotatable bonds is 2. The quantitative estimate of drug-likeness (QED) is 0.622. The van der Waals surface area contributed by atoms with Crippen LogP contribution in [0.15, 0.2) is 12.4 Å². The van der Waals surface area contributed by atoms with Crippen LogP contribution in [0.3, 0.4) is 0 Å². The molecule has 0 saturated heterocycles. The molecule has 1 rings (SSSR count). The first-order valence-corrected chi connectivity index (χ1v) is 3.27. The van der Waals surface area contributed by atoms with E-state index in [1.165, 1.54) is 0 Å². The molecule has 4 heteroatoms. The third-order valence-corrected chi connectivity index (χ3v) is 1.25. The molecule has 0 fully saturated rings. The fourth-order valence-corrected chi connectivity index (χ4v) is 0.646. The van der Waals surface area contributed by atoms with E-state index >= 15 is 0 Å². The van der Waals surface area contributed by atoms with Crippen molar-refractivity contribution in [2.75, 3.05) is 26.1 Å². The average Bonchev–Trinajstić information content (AvgIpc) is 2.05. The SMILES string of the molecule is COc1cnc(N(C)C)nc1. The Morgan fingerprint density at radius 2 is 1.82 bits per heavy atom. The molecule has 0 radical (unpaired) electrons. The van der Waals surface area contributed by atoms with Crippen LogP contribution in [0.2, 0.25) is 0 Å². The van der Waals surface area contributed by atoms with E-state index in [0.29, 0.717) is 11.7 Å². The van der Waals surface area contributed by atoms with Crippen LogP contribution in [0, 0.1) is 0 Å². The van der Waals surface area contributed by atoms with Crippen LogP contribution in [0.4, 0.5) is 5.95 Å². The normalized spacial score (nSPS) is 9.36. The molecule has 0 N–H and O–H groups in total. The minimum Gasteiger partial charge on any atom is -0.494 e. The van der Waals surface area contributed by atoms with Crippen molar-refractivity contribution in [1.29, 1.82) is 0 Å². The van der Waals surface area contributed by atoms with Crippen LogP contribution in [0.5, 0.6) is 5.75 Å². The summed E-state index contributed by atoms with van der Waals surface area (Å²) in [4.78, 5) is 9.91. The summed E-state index contributed by atoms with van der Waals surface area (Å²) in [6.07, 6.45) is 3.28. The van der Waals surface area contributed by atoms with Crippen molar-refractivity contribution in [2.24, 2.45) is 0 Å². The molecule has 0 saturated carbocycles. The Labute approximate surface area is 65.8 Å². The van der Waals surface area contributed by atoms with Gasteiger partial charge in [-0.2, -0.15) is 0 Å². The predicted molar refractivity (Wildman–Crippen MR) is 42.9 cm³/mol. The van der Waals surface area contributed by atoms with Gasteiger partial charge in [-0.05, 0) is 0 Å². The van der Waals surface area contributed by atoms with E-state index < -0.39 is 0 Å². The Morgan fingerprint density at radius 3 is 2.18 bits per heavy atom. The fraction of sp³-hybridized carbons (Fsp3) is 0.429. The van der Waals surface area contributed by atoms with Crippen LogP contribution in [0.25, 0.3) is 0 Å². The largest absolute Gasteiger partial charge is 0.494 e. The van der Waals surface area contributed by atoms with Gasteiger partial charge in [-0.3, -0.25) is 0 Å². The molecule has 0 aliphatic carbocycles. The average molecular weight is 153 g/mol. The van der Waals surface area contributed by atoms with Gasteiger partial charge in [-0.1, -0.05) is 0 Å². The molecule has 60 valence electrons. The zero-order valence-electron chi connectivity index (χ0n) is 6.90. The standard InChI is InChI=1S/C7H11N3O/c1-10(2)7-8-4-6(11-3)5-9-7/h4-5H,1-3H3. The van der Waals surface area contributed by atoms with Gasteiger partial charge in [0.25, 0.3) is 0 Å². The van der Waals surface area contributed by atoms with Gasteiger partial charge in [-0.25, -0.2) is 9.97 Å². The highest BCUT2D eigenvalue weighted by Crippen LogP contribution is 2.08. The van der Waals surface area contributed by atoms with Crippen LogP contribution < -0.4 is 9.64 Å². The summed E-state index contributed by atoms with van der Waals surface area (Å²) in [6, 6.07) is 0. The molecule has 1 aromatic rings. The van der Waals surface area contributed by atoms with Gasteiger partial charge in [-0.15, -0.1) is 0 Å². The minimum atomic E-state index is 0.676. The molecule has 11 heavy (non-hydrogen) atoms. The molecule has 0 spiro atoms. The number of hydrogen-bond donors (Lipinski definition) is 0. The van der Waals surface area contributed by atoms with Gasteiger partial charge < -0.3 is 9.64 Å². The van der Waals surface area contributed by atoms with Crippen LogP contribution >= 0.6 is 0 Å². The lowest BCUT2D eigenvalue weighted by molar-refractivity contribution is 0.410. The van der Waals surface area contributed by atoms with Crippen molar-refractivity contribution in [3.63, 3.8) is 0 Å². The number of ether oxygens (including phenoxy) is 1. The van der Waals surface area contributed by atoms with Gasteiger partial charge in [0.2, 0.25) is 5.95 Å². The highest BCUT2D eigenvalue weighted by Gasteiger charge is 1.97. The van der Waals surface area contributed by atoms with Crippen molar-refractivity contribution >= 4 is 5.95 Å². The molecule has 0 unspecified atom stereocenters. The Hall–Kier alpha value is -1.32. The summed E-state index contributed by atoms with van der Waals surface area (Å²) >= 11 is 0. The summed E-state index contributed by atoms with van der Waals surface area (Å²) in [5.74, 6) is 1.36. The Balaban J connectivity index is 2.83. The smallest absolute Gasteiger partial charge is 0.224 e. The highest BCUT2D eigenvalue weighted by molar-refractivity contribution is 5.28. The molecule has 0 bridgehead atoms. The van der Waals surface area contributed by atoms with Crippen molar-refractivity contribution in [2.45, 2.75) is 0 Å². The van der Waals surface area contributed by atoms with E-state index in [1.807, 2.05) is 19.0 Å². The maximum atomic E-state index is 4.91. The van der Waals surface area contributed by atoms with Crippen molar-refractivity contribution in [3.8, 4) is 5.75 Å². The van der Waals surface area contributed by atoms with E-state index in [1.54, 1.807) is 19.5 Å². The van der Waals surface area contributed by atoms with Gasteiger partial charge in [0, 0.05) is 14.1 Å². The first-order valence-electron chi connectivity index (χ1n) is 3.27. The van der Waals surface area contributed by atoms with Gasteiger partial charge in [0.1, 0.15) is 0 Å². The first kappa shape index (κ1) is 7.78. The fourth-order valence-electron chi connectivity index (χ4n) is 0.646. The summed E-state index contributed by atoms with van der Waals surface area (Å²) in [5.41, 5.74) is 0. The molecule has 4 nitrogen and oxygen atoms in total. The lowest BCUT2D eigenvalue weighted by Crippen LogP contribution is -2.12. The van der Waals surface area contributed by atoms with E-state index in [0.717, 1.165) is 0 Å². The number of hydrogen-bond acceptors (Lipinski definition) is 4. The Bertz CT molecular complexity index is 220. The maximum absolute atomic E-state index is 4.91. The van der Waals surface area contributed by atoms with Gasteiger partial charge in [0.05, 0.1) is 19.5 Å². The third kappa shape index (κ3) is 1.80. The molecule has 0 amide bonds. The van der Waals surface area contributed by atoms with Gasteiger partial charge in [0.15, 0.2) is 5.75 Å². The van der Waals surface area contributed by atoms with E-state index in [4.69, 9.17) is 4.74 Å². The zero-order valence-corrected chi connectivity index (χ0v) is 6.90. The number of aromatic nitrogens is 2. The van der Waals surface area contributed by atoms with Crippen molar-refractivity contribution in [1.82, 2.24) is 9.97 Å². The topological polar surface area (TPSA) is 38.2 Å². The molecule has 1 aromatic heterocycles. The second kappa shape index (κ2) is 3.18. The predicted octanol–water partition coefficient (Wildman–Crippen LogP) is 0.551. The van der Waals surface area contributed by atoms with Gasteiger partial charge >= 0.3 is 0 Å². The molecule has 0 aliphatic heterocycles. The van der Waals surface area contributed by atoms with Crippen molar-refractivity contribution < 1.29 is 4.74 Å². The summed E-state index contributed by atoms with van der Waals surface area (Å²) in [7, 11) is 5.37. The molecule has 0 atom stereocenters. The van der Waals surface area contributed by atoms with E-state index in [-0.39, 0.29) is 0 Å². The number of anilines is 1. The summed E-state index contributed by atoms with van der Waals surface area (Å²) in [6.45, 7) is 0. The highest BCUT2D eigenvalue weighted by atomic mass is 16.5. The molecule has 1 heterocycles. The third-order valence-electron chi connectivity index (χ3n) is 1.25. The summed E-state index contributed by atoms with van der Waals surface area (Å²) in [5, 5.41) is 0. The molecular formula is C7H11N3O. The van der Waals surface area contributed by atoms with Crippen LogP contribution in [-0.4, -0.2) is 31.2 Å². The lowest BCUT2D eigenvalue weighted by Gasteiger charge is -2.08.